The molecular formula is C83H159N2O7P. The van der Waals surface area contributed by atoms with Gasteiger partial charge in [0, 0.05) is 12.8 Å². The number of carbonyl (C=O) groups is 2. The summed E-state index contributed by atoms with van der Waals surface area (Å²) in [5.74, 6) is -0.517. The maximum absolute atomic E-state index is 13.7. The quantitative estimate of drug-likeness (QED) is 0.0212. The number of likely N-dealkylation sites (N-methyl/N-ethyl adjacent to an activating group) is 1. The summed E-state index contributed by atoms with van der Waals surface area (Å²) >= 11 is 0. The molecule has 0 radical (unpaired) electrons. The van der Waals surface area contributed by atoms with Crippen LogP contribution in [0.1, 0.15) is 419 Å². The van der Waals surface area contributed by atoms with Gasteiger partial charge in [-0.15, -0.1) is 0 Å². The molecule has 0 aromatic rings. The van der Waals surface area contributed by atoms with Crippen molar-refractivity contribution < 1.29 is 37.3 Å². The van der Waals surface area contributed by atoms with Gasteiger partial charge in [0.25, 0.3) is 7.82 Å². The molecule has 3 atom stereocenters. The molecule has 0 spiro atoms. The number of hydrogen-bond acceptors (Lipinski definition) is 7. The minimum Gasteiger partial charge on any atom is -0.756 e. The fourth-order valence-corrected chi connectivity index (χ4v) is 13.2. The monoisotopic (exact) mass is 1330 g/mol. The molecule has 0 heterocycles. The molecule has 10 heteroatoms. The van der Waals surface area contributed by atoms with E-state index in [2.05, 4.69) is 62.5 Å². The summed E-state index contributed by atoms with van der Waals surface area (Å²) < 4.78 is 30.6. The van der Waals surface area contributed by atoms with Crippen molar-refractivity contribution in [2.75, 3.05) is 40.9 Å². The van der Waals surface area contributed by atoms with Crippen molar-refractivity contribution in [3.05, 3.63) is 48.6 Å². The smallest absolute Gasteiger partial charge is 0.306 e. The van der Waals surface area contributed by atoms with E-state index in [1.165, 1.54) is 315 Å². The summed E-state index contributed by atoms with van der Waals surface area (Å²) in [6.45, 7) is 6.90. The van der Waals surface area contributed by atoms with Gasteiger partial charge in [-0.3, -0.25) is 14.2 Å². The number of hydrogen-bond donors (Lipinski definition) is 1. The van der Waals surface area contributed by atoms with E-state index in [0.29, 0.717) is 17.4 Å². The van der Waals surface area contributed by atoms with Crippen LogP contribution in [-0.2, 0) is 27.9 Å². The fraction of sp³-hybridized carbons (Fsp3) is 0.880. The molecular weight excluding hydrogens is 1170 g/mol. The summed E-state index contributed by atoms with van der Waals surface area (Å²) in [6.07, 6.45) is 94.1. The number of ether oxygens (including phenoxy) is 1. The first-order chi connectivity index (χ1) is 45.4. The molecule has 0 aliphatic carbocycles. The zero-order valence-corrected chi connectivity index (χ0v) is 63.9. The van der Waals surface area contributed by atoms with Gasteiger partial charge in [0.2, 0.25) is 5.91 Å². The number of nitrogens with one attached hydrogen (secondary N) is 1. The lowest BCUT2D eigenvalue weighted by molar-refractivity contribution is -0.870. The SMILES string of the molecule is CCCCC/C=C\C/C=C\C/C=C\CCCCCCCCCCCCCCCCC(=O)OC(/C=C/CCCCCCCCCCCCC)C(COP(=O)([O-])OCC[N+](C)(C)C)NC(=O)CCCCCCCCCCCCCCCCCCCCCCCCCCCCC. The minimum atomic E-state index is -4.71. The largest absolute Gasteiger partial charge is 0.756 e. The number of carbonyl (C=O) groups excluding carboxylic acids is 2. The topological polar surface area (TPSA) is 114 Å². The highest BCUT2D eigenvalue weighted by Gasteiger charge is 2.27. The molecule has 0 aliphatic heterocycles. The third kappa shape index (κ3) is 74.0. The van der Waals surface area contributed by atoms with Crippen molar-refractivity contribution in [3.63, 3.8) is 0 Å². The summed E-state index contributed by atoms with van der Waals surface area (Å²) in [4.78, 5) is 40.4. The predicted octanol–water partition coefficient (Wildman–Crippen LogP) is 26.1. The molecule has 0 saturated carbocycles. The molecule has 9 nitrogen and oxygen atoms in total. The van der Waals surface area contributed by atoms with Gasteiger partial charge in [0.1, 0.15) is 19.3 Å². The molecule has 93 heavy (non-hydrogen) atoms. The number of rotatable bonds is 76. The average molecular weight is 1330 g/mol. The second kappa shape index (κ2) is 72.7. The Balaban J connectivity index is 4.90. The van der Waals surface area contributed by atoms with Gasteiger partial charge in [-0.2, -0.15) is 0 Å². The second-order valence-electron chi connectivity index (χ2n) is 29.3. The van der Waals surface area contributed by atoms with E-state index in [0.717, 1.165) is 70.6 Å². The summed E-state index contributed by atoms with van der Waals surface area (Å²) in [6, 6.07) is -0.888. The first-order valence-corrected chi connectivity index (χ1v) is 42.4. The van der Waals surface area contributed by atoms with Crippen LogP contribution in [0.3, 0.4) is 0 Å². The molecule has 0 saturated heterocycles. The Morgan fingerprint density at radius 2 is 0.656 bits per heavy atom. The van der Waals surface area contributed by atoms with Crippen LogP contribution in [-0.4, -0.2) is 69.4 Å². The molecule has 0 rings (SSSR count). The molecule has 0 aliphatic rings. The third-order valence-electron chi connectivity index (χ3n) is 18.8. The van der Waals surface area contributed by atoms with Crippen molar-refractivity contribution in [1.29, 1.82) is 0 Å². The Labute approximate surface area is 579 Å². The number of esters is 1. The molecule has 548 valence electrons. The molecule has 0 fully saturated rings. The lowest BCUT2D eigenvalue weighted by atomic mass is 10.0. The molecule has 1 amide bonds. The summed E-state index contributed by atoms with van der Waals surface area (Å²) in [5, 5.41) is 3.06. The van der Waals surface area contributed by atoms with Crippen LogP contribution < -0.4 is 10.2 Å². The van der Waals surface area contributed by atoms with Crippen LogP contribution in [0, 0.1) is 0 Å². The van der Waals surface area contributed by atoms with E-state index in [-0.39, 0.29) is 31.5 Å². The fourth-order valence-electron chi connectivity index (χ4n) is 12.5. The predicted molar refractivity (Wildman–Crippen MR) is 404 cm³/mol. The van der Waals surface area contributed by atoms with Crippen molar-refractivity contribution >= 4 is 19.7 Å². The summed E-state index contributed by atoms with van der Waals surface area (Å²) in [7, 11) is 1.21. The molecule has 1 N–H and O–H groups in total. The van der Waals surface area contributed by atoms with Crippen LogP contribution in [0.15, 0.2) is 48.6 Å². The van der Waals surface area contributed by atoms with Crippen LogP contribution >= 0.6 is 7.82 Å². The molecule has 0 bridgehead atoms. The summed E-state index contributed by atoms with van der Waals surface area (Å²) in [5.41, 5.74) is 0. The first-order valence-electron chi connectivity index (χ1n) is 40.9. The Hall–Kier alpha value is -2.03. The normalized spacial score (nSPS) is 13.6. The highest BCUT2D eigenvalue weighted by Crippen LogP contribution is 2.38. The van der Waals surface area contributed by atoms with Crippen LogP contribution in [0.25, 0.3) is 0 Å². The van der Waals surface area contributed by atoms with E-state index in [9.17, 15) is 19.0 Å². The van der Waals surface area contributed by atoms with Gasteiger partial charge in [0.15, 0.2) is 0 Å². The van der Waals surface area contributed by atoms with Gasteiger partial charge >= 0.3 is 5.97 Å². The van der Waals surface area contributed by atoms with Gasteiger partial charge in [-0.25, -0.2) is 0 Å². The Morgan fingerprint density at radius 3 is 1.00 bits per heavy atom. The lowest BCUT2D eigenvalue weighted by Gasteiger charge is -2.30. The van der Waals surface area contributed by atoms with Crippen molar-refractivity contribution in [3.8, 4) is 0 Å². The maximum Gasteiger partial charge on any atom is 0.306 e. The van der Waals surface area contributed by atoms with E-state index in [4.69, 9.17) is 13.8 Å². The van der Waals surface area contributed by atoms with Gasteiger partial charge < -0.3 is 28.5 Å². The van der Waals surface area contributed by atoms with E-state index in [1.807, 2.05) is 33.3 Å². The number of phosphoric ester groups is 1. The highest BCUT2D eigenvalue weighted by molar-refractivity contribution is 7.45. The average Bonchev–Trinajstić information content (AvgIpc) is 2.15. The van der Waals surface area contributed by atoms with Gasteiger partial charge in [-0.1, -0.05) is 384 Å². The Bertz CT molecular complexity index is 1730. The number of phosphoric acid groups is 1. The maximum atomic E-state index is 13.7. The zero-order valence-electron chi connectivity index (χ0n) is 63.0. The second-order valence-corrected chi connectivity index (χ2v) is 30.7. The van der Waals surface area contributed by atoms with Crippen LogP contribution in [0.2, 0.25) is 0 Å². The molecule has 0 aromatic carbocycles. The third-order valence-corrected chi connectivity index (χ3v) is 19.7. The van der Waals surface area contributed by atoms with E-state index < -0.39 is 20.0 Å². The van der Waals surface area contributed by atoms with E-state index in [1.54, 1.807) is 0 Å². The zero-order chi connectivity index (χ0) is 67.8. The number of unbranched alkanes of at least 4 members (excludes halogenated alkanes) is 54. The lowest BCUT2D eigenvalue weighted by Crippen LogP contribution is -2.47. The standard InChI is InChI=1S/C83H159N2O7P/c1-7-10-13-16-19-22-25-28-30-32-34-36-38-40-42-44-46-48-50-52-54-57-60-63-66-69-72-75-82(86)84-80(79-91-93(88,89)90-78-77-85(4,5)6)81(74-71-68-65-62-59-56-27-24-21-18-15-12-9-3)92-83(87)76-73-70-67-64-61-58-55-53-51-49-47-45-43-41-39-37-35-33-31-29-26-23-20-17-14-11-8-2/h20,23,29,31,35,37,71,74,80-81H,7-19,21-22,24-28,30,32-34,36,38-70,72-73,75-79H2,1-6H3,(H-,84,86,88,89)/b23-20-,31-29-,37-35-,74-71+. The molecule has 3 unspecified atom stereocenters. The number of allylic oxidation sites excluding steroid dienone is 7. The Morgan fingerprint density at radius 1 is 0.376 bits per heavy atom. The van der Waals surface area contributed by atoms with Crippen molar-refractivity contribution in [2.24, 2.45) is 0 Å². The minimum absolute atomic E-state index is 0.0195. The van der Waals surface area contributed by atoms with E-state index >= 15 is 0 Å². The number of quaternary nitrogens is 1. The number of nitrogens with zero attached hydrogens (tertiary/aromatic N) is 1. The van der Waals surface area contributed by atoms with Crippen LogP contribution in [0.4, 0.5) is 0 Å². The van der Waals surface area contributed by atoms with Gasteiger partial charge in [-0.05, 0) is 70.3 Å². The van der Waals surface area contributed by atoms with Crippen molar-refractivity contribution in [2.45, 2.75) is 431 Å². The highest BCUT2D eigenvalue weighted by atomic mass is 31.2. The van der Waals surface area contributed by atoms with Gasteiger partial charge in [0.05, 0.1) is 33.8 Å². The van der Waals surface area contributed by atoms with Crippen molar-refractivity contribution in [1.82, 2.24) is 5.32 Å². The Kier molecular flexibility index (Phi) is 71.1. The van der Waals surface area contributed by atoms with Crippen LogP contribution in [0.5, 0.6) is 0 Å². The molecule has 0 aromatic heterocycles. The first kappa shape index (κ1) is 91.0. The number of amides is 1.